The van der Waals surface area contributed by atoms with Gasteiger partial charge in [0.2, 0.25) is 0 Å². The predicted molar refractivity (Wildman–Crippen MR) is 95.2 cm³/mol. The average Bonchev–Trinajstić information content (AvgIpc) is 2.64. The van der Waals surface area contributed by atoms with E-state index in [4.69, 9.17) is 0 Å². The van der Waals surface area contributed by atoms with Gasteiger partial charge in [-0.1, -0.05) is 37.3 Å². The highest BCUT2D eigenvalue weighted by molar-refractivity contribution is 5.94. The lowest BCUT2D eigenvalue weighted by Gasteiger charge is -2.35. The number of carbonyl (C=O) groups excluding carboxylic acids is 1. The van der Waals surface area contributed by atoms with Gasteiger partial charge in [-0.05, 0) is 43.4 Å². The Hall–Kier alpha value is -2.36. The zero-order chi connectivity index (χ0) is 16.9. The van der Waals surface area contributed by atoms with E-state index >= 15 is 0 Å². The number of hydrogen-bond acceptors (Lipinski definition) is 2. The van der Waals surface area contributed by atoms with Gasteiger partial charge in [-0.15, -0.1) is 0 Å². The molecule has 1 atom stereocenters. The molecule has 1 amide bonds. The second-order valence-corrected chi connectivity index (χ2v) is 6.40. The summed E-state index contributed by atoms with van der Waals surface area (Å²) in [5.41, 5.74) is 1.13. The molecule has 1 saturated heterocycles. The van der Waals surface area contributed by atoms with E-state index in [2.05, 4.69) is 6.92 Å². The van der Waals surface area contributed by atoms with Crippen LogP contribution < -0.4 is 5.56 Å². The predicted octanol–water partition coefficient (Wildman–Crippen LogP) is 3.30. The van der Waals surface area contributed by atoms with Crippen LogP contribution in [0.15, 0.2) is 53.5 Å². The molecule has 3 rings (SSSR count). The molecule has 0 bridgehead atoms. The van der Waals surface area contributed by atoms with Gasteiger partial charge in [-0.25, -0.2) is 0 Å². The fraction of sp³-hybridized carbons (Fsp3) is 0.400. The molecule has 1 fully saturated rings. The Morgan fingerprint density at radius 2 is 1.92 bits per heavy atom. The van der Waals surface area contributed by atoms with Crippen LogP contribution in [0, 0.1) is 0 Å². The number of benzene rings is 1. The van der Waals surface area contributed by atoms with Crippen LogP contribution in [0.2, 0.25) is 0 Å². The van der Waals surface area contributed by atoms with Crippen LogP contribution >= 0.6 is 0 Å². The van der Waals surface area contributed by atoms with Crippen LogP contribution in [-0.4, -0.2) is 28.0 Å². The molecule has 1 aliphatic rings. The van der Waals surface area contributed by atoms with Gasteiger partial charge in [0.15, 0.2) is 0 Å². The molecule has 1 aromatic heterocycles. The molecule has 4 heteroatoms. The highest BCUT2D eigenvalue weighted by Gasteiger charge is 2.27. The van der Waals surface area contributed by atoms with Crippen molar-refractivity contribution in [2.75, 3.05) is 6.54 Å². The molecule has 24 heavy (non-hydrogen) atoms. The molecule has 0 N–H and O–H groups in total. The van der Waals surface area contributed by atoms with Crippen LogP contribution in [0.4, 0.5) is 0 Å². The number of aromatic nitrogens is 1. The monoisotopic (exact) mass is 324 g/mol. The summed E-state index contributed by atoms with van der Waals surface area (Å²) < 4.78 is 1.62. The molecule has 126 valence electrons. The third-order valence-electron chi connectivity index (χ3n) is 4.81. The first-order chi connectivity index (χ1) is 11.7. The van der Waals surface area contributed by atoms with Crippen molar-refractivity contribution in [1.82, 2.24) is 9.47 Å². The normalized spacial score (nSPS) is 17.7. The lowest BCUT2D eigenvalue weighted by molar-refractivity contribution is 0.0605. The van der Waals surface area contributed by atoms with Crippen molar-refractivity contribution in [2.45, 2.75) is 45.2 Å². The number of piperidine rings is 1. The van der Waals surface area contributed by atoms with Gasteiger partial charge < -0.3 is 9.47 Å². The second kappa shape index (κ2) is 7.47. The minimum atomic E-state index is -0.202. The molecule has 2 aromatic rings. The fourth-order valence-electron chi connectivity index (χ4n) is 3.45. The van der Waals surface area contributed by atoms with Crippen LogP contribution in [0.5, 0.6) is 0 Å². The van der Waals surface area contributed by atoms with Crippen molar-refractivity contribution in [3.8, 4) is 0 Å². The van der Waals surface area contributed by atoms with Crippen molar-refractivity contribution in [3.05, 3.63) is 70.1 Å². The van der Waals surface area contributed by atoms with E-state index in [1.165, 1.54) is 0 Å². The molecule has 0 unspecified atom stereocenters. The Morgan fingerprint density at radius 3 is 2.67 bits per heavy atom. The Balaban J connectivity index is 1.87. The molecular weight excluding hydrogens is 300 g/mol. The summed E-state index contributed by atoms with van der Waals surface area (Å²) in [7, 11) is 0. The van der Waals surface area contributed by atoms with Gasteiger partial charge in [0.1, 0.15) is 5.56 Å². The largest absolute Gasteiger partial charge is 0.336 e. The summed E-state index contributed by atoms with van der Waals surface area (Å²) in [6, 6.07) is 13.5. The van der Waals surface area contributed by atoms with E-state index < -0.39 is 0 Å². The van der Waals surface area contributed by atoms with Crippen molar-refractivity contribution in [1.29, 1.82) is 0 Å². The topological polar surface area (TPSA) is 42.3 Å². The van der Waals surface area contributed by atoms with E-state index in [0.29, 0.717) is 6.54 Å². The van der Waals surface area contributed by atoms with E-state index in [0.717, 1.165) is 37.8 Å². The number of amides is 1. The number of carbonyl (C=O) groups is 1. The highest BCUT2D eigenvalue weighted by Crippen LogP contribution is 2.21. The van der Waals surface area contributed by atoms with Gasteiger partial charge in [0.25, 0.3) is 11.5 Å². The highest BCUT2D eigenvalue weighted by atomic mass is 16.2. The Morgan fingerprint density at radius 1 is 1.12 bits per heavy atom. The molecule has 4 nitrogen and oxygen atoms in total. The van der Waals surface area contributed by atoms with Crippen molar-refractivity contribution < 1.29 is 4.79 Å². The quantitative estimate of drug-likeness (QED) is 0.866. The molecule has 1 aliphatic heterocycles. The molecular formula is C20H24N2O2. The number of nitrogens with zero attached hydrogens (tertiary/aromatic N) is 2. The Labute approximate surface area is 142 Å². The van der Waals surface area contributed by atoms with Crippen molar-refractivity contribution in [2.24, 2.45) is 0 Å². The molecule has 0 aliphatic carbocycles. The van der Waals surface area contributed by atoms with Gasteiger partial charge in [-0.3, -0.25) is 9.59 Å². The number of rotatable bonds is 4. The average molecular weight is 324 g/mol. The van der Waals surface area contributed by atoms with Gasteiger partial charge in [0, 0.05) is 18.8 Å². The molecule has 1 aromatic carbocycles. The van der Waals surface area contributed by atoms with Crippen LogP contribution in [0.3, 0.4) is 0 Å². The molecule has 0 spiro atoms. The molecule has 0 saturated carbocycles. The first-order valence-electron chi connectivity index (χ1n) is 8.75. The van der Waals surface area contributed by atoms with E-state index in [9.17, 15) is 9.59 Å². The van der Waals surface area contributed by atoms with E-state index in [1.54, 1.807) is 22.9 Å². The third kappa shape index (κ3) is 3.42. The zero-order valence-corrected chi connectivity index (χ0v) is 14.1. The minimum Gasteiger partial charge on any atom is -0.336 e. The standard InChI is InChI=1S/C20H24N2O2/c1-2-17-11-6-7-14-22(17)20(24)18-12-8-13-21(19(18)23)15-16-9-4-3-5-10-16/h3-5,8-10,12-13,17H,2,6-7,11,14-15H2,1H3/t17-/m0/s1. The lowest BCUT2D eigenvalue weighted by Crippen LogP contribution is -2.45. The van der Waals surface area contributed by atoms with E-state index in [-0.39, 0.29) is 23.1 Å². The summed E-state index contributed by atoms with van der Waals surface area (Å²) >= 11 is 0. The lowest BCUT2D eigenvalue weighted by atomic mass is 9.99. The summed E-state index contributed by atoms with van der Waals surface area (Å²) in [6.07, 6.45) is 5.91. The SMILES string of the molecule is CC[C@H]1CCCCN1C(=O)c1cccn(Cc2ccccc2)c1=O. The maximum atomic E-state index is 12.9. The third-order valence-corrected chi connectivity index (χ3v) is 4.81. The fourth-order valence-corrected chi connectivity index (χ4v) is 3.45. The van der Waals surface area contributed by atoms with Gasteiger partial charge in [-0.2, -0.15) is 0 Å². The summed E-state index contributed by atoms with van der Waals surface area (Å²) in [6.45, 7) is 3.34. The Bertz CT molecular complexity index is 752. The van der Waals surface area contributed by atoms with Crippen molar-refractivity contribution >= 4 is 5.91 Å². The first kappa shape index (κ1) is 16.5. The minimum absolute atomic E-state index is 0.117. The Kier molecular flexibility index (Phi) is 5.14. The molecule has 2 heterocycles. The van der Waals surface area contributed by atoms with Gasteiger partial charge in [0.05, 0.1) is 6.54 Å². The number of pyridine rings is 1. The van der Waals surface area contributed by atoms with Crippen LogP contribution in [-0.2, 0) is 6.54 Å². The zero-order valence-electron chi connectivity index (χ0n) is 14.1. The maximum Gasteiger partial charge on any atom is 0.263 e. The maximum absolute atomic E-state index is 12.9. The van der Waals surface area contributed by atoms with Crippen LogP contribution in [0.1, 0.15) is 48.5 Å². The van der Waals surface area contributed by atoms with Crippen molar-refractivity contribution in [3.63, 3.8) is 0 Å². The summed E-state index contributed by atoms with van der Waals surface area (Å²) in [5.74, 6) is -0.117. The van der Waals surface area contributed by atoms with Gasteiger partial charge >= 0.3 is 0 Å². The molecule has 0 radical (unpaired) electrons. The second-order valence-electron chi connectivity index (χ2n) is 6.40. The number of likely N-dealkylation sites (tertiary alicyclic amines) is 1. The smallest absolute Gasteiger partial charge is 0.263 e. The van der Waals surface area contributed by atoms with Crippen LogP contribution in [0.25, 0.3) is 0 Å². The number of hydrogen-bond donors (Lipinski definition) is 0. The summed E-state index contributed by atoms with van der Waals surface area (Å²) in [5, 5.41) is 0. The summed E-state index contributed by atoms with van der Waals surface area (Å²) in [4.78, 5) is 27.6. The first-order valence-corrected chi connectivity index (χ1v) is 8.75. The van der Waals surface area contributed by atoms with E-state index in [1.807, 2.05) is 35.2 Å².